The van der Waals surface area contributed by atoms with Gasteiger partial charge in [-0.1, -0.05) is 6.07 Å². The molecular formula is C14H17N3O2. The molecular weight excluding hydrogens is 242 g/mol. The van der Waals surface area contributed by atoms with Crippen LogP contribution in [0.4, 0.5) is 5.69 Å². The third kappa shape index (κ3) is 4.56. The zero-order valence-electron chi connectivity index (χ0n) is 10.9. The number of nitrogens with zero attached hydrogens (tertiary/aromatic N) is 2. The van der Waals surface area contributed by atoms with Crippen molar-refractivity contribution in [2.75, 3.05) is 25.6 Å². The summed E-state index contributed by atoms with van der Waals surface area (Å²) in [5.74, 6) is 0.824. The van der Waals surface area contributed by atoms with E-state index in [0.29, 0.717) is 19.8 Å². The molecule has 0 spiro atoms. The highest BCUT2D eigenvalue weighted by Crippen LogP contribution is 2.17. The van der Waals surface area contributed by atoms with Gasteiger partial charge in [-0.3, -0.25) is 0 Å². The summed E-state index contributed by atoms with van der Waals surface area (Å²) in [5, 5.41) is 3.29. The fourth-order valence-corrected chi connectivity index (χ4v) is 1.55. The van der Waals surface area contributed by atoms with Crippen molar-refractivity contribution < 1.29 is 9.47 Å². The Morgan fingerprint density at radius 2 is 2.16 bits per heavy atom. The normalized spacial score (nSPS) is 10.2. The molecule has 0 radical (unpaired) electrons. The van der Waals surface area contributed by atoms with Crippen LogP contribution in [0.5, 0.6) is 5.75 Å². The molecule has 100 valence electrons. The first-order valence-corrected chi connectivity index (χ1v) is 6.09. The van der Waals surface area contributed by atoms with Crippen molar-refractivity contribution in [2.24, 2.45) is 0 Å². The quantitative estimate of drug-likeness (QED) is 0.772. The van der Waals surface area contributed by atoms with E-state index in [9.17, 15) is 0 Å². The van der Waals surface area contributed by atoms with Crippen LogP contribution < -0.4 is 10.1 Å². The minimum Gasteiger partial charge on any atom is -0.491 e. The summed E-state index contributed by atoms with van der Waals surface area (Å²) >= 11 is 0. The summed E-state index contributed by atoms with van der Waals surface area (Å²) in [6.07, 6.45) is 3.27. The first-order valence-electron chi connectivity index (χ1n) is 6.09. The van der Waals surface area contributed by atoms with Crippen LogP contribution in [0, 0.1) is 0 Å². The lowest BCUT2D eigenvalue weighted by atomic mass is 10.3. The lowest BCUT2D eigenvalue weighted by Crippen LogP contribution is -2.05. The zero-order valence-corrected chi connectivity index (χ0v) is 10.9. The monoisotopic (exact) mass is 259 g/mol. The van der Waals surface area contributed by atoms with Gasteiger partial charge in [0.05, 0.1) is 18.8 Å². The van der Waals surface area contributed by atoms with Crippen LogP contribution in [0.3, 0.4) is 0 Å². The van der Waals surface area contributed by atoms with E-state index < -0.39 is 0 Å². The molecule has 0 amide bonds. The highest BCUT2D eigenvalue weighted by atomic mass is 16.5. The molecule has 0 atom stereocenters. The summed E-state index contributed by atoms with van der Waals surface area (Å²) in [6.45, 7) is 1.79. The van der Waals surface area contributed by atoms with E-state index in [-0.39, 0.29) is 0 Å². The summed E-state index contributed by atoms with van der Waals surface area (Å²) < 4.78 is 10.5. The molecule has 0 saturated heterocycles. The molecule has 19 heavy (non-hydrogen) atoms. The molecule has 1 aromatic carbocycles. The molecule has 1 aromatic heterocycles. The molecule has 0 bridgehead atoms. The third-order valence-electron chi connectivity index (χ3n) is 2.51. The van der Waals surface area contributed by atoms with Gasteiger partial charge in [-0.15, -0.1) is 0 Å². The maximum atomic E-state index is 5.55. The molecule has 5 heteroatoms. The topological polar surface area (TPSA) is 56.3 Å². The van der Waals surface area contributed by atoms with Crippen molar-refractivity contribution in [1.82, 2.24) is 9.97 Å². The Labute approximate surface area is 112 Å². The van der Waals surface area contributed by atoms with Crippen LogP contribution in [0.2, 0.25) is 0 Å². The Morgan fingerprint density at radius 3 is 2.95 bits per heavy atom. The lowest BCUT2D eigenvalue weighted by Gasteiger charge is -2.09. The van der Waals surface area contributed by atoms with E-state index in [1.54, 1.807) is 19.6 Å². The predicted molar refractivity (Wildman–Crippen MR) is 73.2 cm³/mol. The van der Waals surface area contributed by atoms with Gasteiger partial charge in [0.25, 0.3) is 0 Å². The van der Waals surface area contributed by atoms with Crippen LogP contribution in [0.15, 0.2) is 42.9 Å². The van der Waals surface area contributed by atoms with E-state index in [2.05, 4.69) is 15.3 Å². The zero-order chi connectivity index (χ0) is 13.3. The maximum absolute atomic E-state index is 5.55. The first kappa shape index (κ1) is 13.3. The Kier molecular flexibility index (Phi) is 5.13. The fraction of sp³-hybridized carbons (Fsp3) is 0.286. The average Bonchev–Trinajstić information content (AvgIpc) is 2.47. The van der Waals surface area contributed by atoms with Crippen molar-refractivity contribution in [3.63, 3.8) is 0 Å². The van der Waals surface area contributed by atoms with Gasteiger partial charge in [-0.2, -0.15) is 0 Å². The van der Waals surface area contributed by atoms with Crippen LogP contribution in [0.25, 0.3) is 0 Å². The second-order valence-electron chi connectivity index (χ2n) is 3.92. The van der Waals surface area contributed by atoms with E-state index in [1.807, 2.05) is 30.3 Å². The van der Waals surface area contributed by atoms with Crippen molar-refractivity contribution in [3.05, 3.63) is 48.5 Å². The minimum atomic E-state index is 0.547. The van der Waals surface area contributed by atoms with E-state index in [1.165, 1.54) is 0 Å². The summed E-state index contributed by atoms with van der Waals surface area (Å²) in [6, 6.07) is 9.70. The van der Waals surface area contributed by atoms with Crippen molar-refractivity contribution in [2.45, 2.75) is 6.54 Å². The van der Waals surface area contributed by atoms with Gasteiger partial charge in [0.2, 0.25) is 0 Å². The molecule has 1 N–H and O–H groups in total. The van der Waals surface area contributed by atoms with Crippen LogP contribution in [-0.2, 0) is 11.3 Å². The first-order chi connectivity index (χ1) is 9.38. The third-order valence-corrected chi connectivity index (χ3v) is 2.51. The van der Waals surface area contributed by atoms with Gasteiger partial charge >= 0.3 is 0 Å². The largest absolute Gasteiger partial charge is 0.491 e. The Bertz CT molecular complexity index is 491. The summed E-state index contributed by atoms with van der Waals surface area (Å²) in [4.78, 5) is 8.04. The van der Waals surface area contributed by atoms with Crippen molar-refractivity contribution in [1.29, 1.82) is 0 Å². The van der Waals surface area contributed by atoms with Gasteiger partial charge in [-0.05, 0) is 18.2 Å². The molecule has 0 aliphatic carbocycles. The van der Waals surface area contributed by atoms with Crippen LogP contribution in [-0.4, -0.2) is 30.3 Å². The van der Waals surface area contributed by atoms with Gasteiger partial charge in [0.1, 0.15) is 18.7 Å². The number of methoxy groups -OCH3 is 1. The van der Waals surface area contributed by atoms with Crippen LogP contribution in [0.1, 0.15) is 5.69 Å². The van der Waals surface area contributed by atoms with E-state index in [4.69, 9.17) is 9.47 Å². The minimum absolute atomic E-state index is 0.547. The van der Waals surface area contributed by atoms with E-state index >= 15 is 0 Å². The van der Waals surface area contributed by atoms with E-state index in [0.717, 1.165) is 17.1 Å². The second kappa shape index (κ2) is 7.33. The number of ether oxygens (including phenoxy) is 2. The second-order valence-corrected chi connectivity index (χ2v) is 3.92. The van der Waals surface area contributed by atoms with Gasteiger partial charge in [-0.25, -0.2) is 9.97 Å². The van der Waals surface area contributed by atoms with Gasteiger partial charge < -0.3 is 14.8 Å². The molecule has 0 aliphatic rings. The number of rotatable bonds is 7. The molecule has 2 rings (SSSR count). The molecule has 1 heterocycles. The van der Waals surface area contributed by atoms with Crippen molar-refractivity contribution >= 4 is 5.69 Å². The molecule has 2 aromatic rings. The molecule has 5 nitrogen and oxygen atoms in total. The Balaban J connectivity index is 1.88. The fourth-order valence-electron chi connectivity index (χ4n) is 1.55. The van der Waals surface area contributed by atoms with Gasteiger partial charge in [0, 0.05) is 25.1 Å². The SMILES string of the molecule is COCCOc1cccc(NCc2ccncn2)c1. The standard InChI is InChI=1S/C14H17N3O2/c1-18-7-8-19-14-4-2-3-12(9-14)16-10-13-5-6-15-11-17-13/h2-6,9,11,16H,7-8,10H2,1H3. The molecule has 0 aliphatic heterocycles. The Hall–Kier alpha value is -2.14. The average molecular weight is 259 g/mol. The molecule has 0 unspecified atom stereocenters. The number of hydrogen-bond acceptors (Lipinski definition) is 5. The number of nitrogens with one attached hydrogen (secondary N) is 1. The maximum Gasteiger partial charge on any atom is 0.121 e. The van der Waals surface area contributed by atoms with Crippen LogP contribution >= 0.6 is 0 Å². The molecule has 0 fully saturated rings. The smallest absolute Gasteiger partial charge is 0.121 e. The summed E-state index contributed by atoms with van der Waals surface area (Å²) in [5.41, 5.74) is 1.94. The van der Waals surface area contributed by atoms with Gasteiger partial charge in [0.15, 0.2) is 0 Å². The lowest BCUT2D eigenvalue weighted by molar-refractivity contribution is 0.146. The number of anilines is 1. The predicted octanol–water partition coefficient (Wildman–Crippen LogP) is 2.11. The van der Waals surface area contributed by atoms with Crippen molar-refractivity contribution in [3.8, 4) is 5.75 Å². The Morgan fingerprint density at radius 1 is 1.21 bits per heavy atom. The number of benzene rings is 1. The number of hydrogen-bond donors (Lipinski definition) is 1. The number of aromatic nitrogens is 2. The molecule has 0 saturated carbocycles. The summed E-state index contributed by atoms with van der Waals surface area (Å²) in [7, 11) is 1.66. The highest BCUT2D eigenvalue weighted by molar-refractivity contribution is 5.48. The highest BCUT2D eigenvalue weighted by Gasteiger charge is 1.98.